The molecule has 2 aromatic heterocycles. The largest absolute Gasteiger partial charge is 0.472 e. The first kappa shape index (κ1) is 45.7. The van der Waals surface area contributed by atoms with Gasteiger partial charge in [-0.2, -0.15) is 10.4 Å². The summed E-state index contributed by atoms with van der Waals surface area (Å²) >= 11 is 6.41. The molecule has 3 saturated heterocycles. The van der Waals surface area contributed by atoms with Crippen molar-refractivity contribution >= 4 is 46.8 Å². The molecule has 1 amide bonds. The number of amidine groups is 1. The fourth-order valence-electron chi connectivity index (χ4n) is 12.7. The van der Waals surface area contributed by atoms with Crippen molar-refractivity contribution in [2.75, 3.05) is 73.6 Å². The van der Waals surface area contributed by atoms with Crippen LogP contribution in [-0.4, -0.2) is 123 Å². The van der Waals surface area contributed by atoms with Gasteiger partial charge in [-0.05, 0) is 142 Å². The first-order valence-corrected chi connectivity index (χ1v) is 25.9. The molecule has 4 fully saturated rings. The second kappa shape index (κ2) is 18.9. The Balaban J connectivity index is 0.672. The number of nitrogens with zero attached hydrogens (tertiary/aromatic N) is 12. The molecule has 69 heavy (non-hydrogen) atoms. The van der Waals surface area contributed by atoms with Gasteiger partial charge in [0.1, 0.15) is 12.2 Å². The molecule has 15 heteroatoms. The summed E-state index contributed by atoms with van der Waals surface area (Å²) in [5, 5.41) is 28.9. The number of halogens is 1. The third-order valence-corrected chi connectivity index (χ3v) is 16.9. The molecule has 360 valence electrons. The van der Waals surface area contributed by atoms with Crippen LogP contribution in [0.15, 0.2) is 71.2 Å². The maximum Gasteiger partial charge on any atom is 0.233 e. The van der Waals surface area contributed by atoms with Crippen molar-refractivity contribution in [1.82, 2.24) is 29.8 Å². The highest BCUT2D eigenvalue weighted by Gasteiger charge is 2.45. The number of aromatic nitrogens is 4. The lowest BCUT2D eigenvalue weighted by Crippen LogP contribution is -2.42. The Labute approximate surface area is 411 Å². The van der Waals surface area contributed by atoms with Crippen LogP contribution in [0.4, 0.5) is 17.2 Å². The minimum Gasteiger partial charge on any atom is -0.472 e. The molecule has 6 aliphatic heterocycles. The molecule has 0 unspecified atom stereocenters. The van der Waals surface area contributed by atoms with Gasteiger partial charge in [0.25, 0.3) is 0 Å². The number of rotatable bonds is 8. The number of ether oxygens (including phenoxy) is 1. The molecule has 1 spiro atoms. The highest BCUT2D eigenvalue weighted by Crippen LogP contribution is 2.46. The Morgan fingerprint density at radius 2 is 1.86 bits per heavy atom. The summed E-state index contributed by atoms with van der Waals surface area (Å²) in [6, 6.07) is 17.2. The van der Waals surface area contributed by atoms with E-state index in [1.165, 1.54) is 46.5 Å². The van der Waals surface area contributed by atoms with Crippen molar-refractivity contribution in [3.63, 3.8) is 0 Å². The number of aryl methyl sites for hydroxylation is 3. The van der Waals surface area contributed by atoms with Crippen molar-refractivity contribution in [3.05, 3.63) is 87.8 Å². The van der Waals surface area contributed by atoms with Crippen LogP contribution in [0, 0.1) is 35.5 Å². The highest BCUT2D eigenvalue weighted by molar-refractivity contribution is 6.32. The zero-order valence-electron chi connectivity index (χ0n) is 40.8. The van der Waals surface area contributed by atoms with Gasteiger partial charge in [0.05, 0.1) is 35.3 Å². The molecule has 1 saturated carbocycles. The van der Waals surface area contributed by atoms with Gasteiger partial charge in [-0.3, -0.25) is 14.4 Å². The number of hydrogen-bond acceptors (Lipinski definition) is 11. The number of anilines is 3. The fraction of sp³-hybridized carbons (Fsp3) is 0.537. The number of benzene rings is 2. The lowest BCUT2D eigenvalue weighted by Gasteiger charge is -2.39. The quantitative estimate of drug-likeness (QED) is 0.160. The molecule has 7 aliphatic rings. The summed E-state index contributed by atoms with van der Waals surface area (Å²) in [6.45, 7) is 14.5. The number of likely N-dealkylation sites (tertiary alicyclic amines) is 1. The standard InChI is InChI=1S/C54H66ClN12O2/c1-36-24-50-41(25-46(36)43-29-57-61(4)32-43)6-5-19-65(50)53-47-34-64(38(3)68)21-16-49(47)67(60-53)31-40-9-7-39(8-10-40)30-62-20-15-45(33-62)69-52-14-13-51(58-59-52)63-22-17-54(18-23-63)27-37(2)66(35-54)44-12-11-42(28-56)48(55)26-44/h11-14,24-26,29,31-32,37,39-40,45H,5-10,15-23,27,30,33-35H2,1-4H3/q+1/b67-31-/t37-,39?,40?,45+/m0/s1. The average molecular weight is 951 g/mol. The van der Waals surface area contributed by atoms with Crippen molar-refractivity contribution in [2.45, 2.75) is 104 Å². The molecule has 1 aliphatic carbocycles. The van der Waals surface area contributed by atoms with E-state index in [4.69, 9.17) is 21.4 Å². The van der Waals surface area contributed by atoms with E-state index in [0.29, 0.717) is 40.9 Å². The van der Waals surface area contributed by atoms with Crippen LogP contribution in [0.25, 0.3) is 11.1 Å². The van der Waals surface area contributed by atoms with Crippen LogP contribution in [-0.2, 0) is 18.3 Å². The maximum atomic E-state index is 12.7. The van der Waals surface area contributed by atoms with Gasteiger partial charge in [-0.25, -0.2) is 0 Å². The number of amides is 1. The topological polar surface area (TPSA) is 125 Å². The third-order valence-electron chi connectivity index (χ3n) is 16.5. The summed E-state index contributed by atoms with van der Waals surface area (Å²) in [6.07, 6.45) is 18.6. The minimum absolute atomic E-state index is 0.125. The third kappa shape index (κ3) is 9.25. The second-order valence-electron chi connectivity index (χ2n) is 21.2. The Morgan fingerprint density at radius 1 is 1.01 bits per heavy atom. The lowest BCUT2D eigenvalue weighted by atomic mass is 9.77. The number of carbonyl (C=O) groups excluding carboxylic acids is 1. The van der Waals surface area contributed by atoms with Crippen molar-refractivity contribution in [1.29, 1.82) is 5.26 Å². The van der Waals surface area contributed by atoms with Gasteiger partial charge in [0.15, 0.2) is 12.0 Å². The molecular formula is C54H66ClN12O2+. The van der Waals surface area contributed by atoms with Crippen LogP contribution >= 0.6 is 11.6 Å². The van der Waals surface area contributed by atoms with Crippen LogP contribution < -0.4 is 19.4 Å². The Morgan fingerprint density at radius 3 is 2.59 bits per heavy atom. The SMILES string of the molecule is CC(=O)N1CCC2=C(C1)C(N1CCCc3cc(-c4cnn(C)c4)c(C)cc31)=N/[N+]2=C\C1CCC(CN2CC[C@@H](Oc3ccc(N4CCC5(CC4)C[C@H](C)N(c4ccc(C#N)c(Cl)c4)C5)nn3)C2)CC1. The number of hydrazone groups is 1. The summed E-state index contributed by atoms with van der Waals surface area (Å²) in [4.78, 5) is 24.5. The molecule has 8 heterocycles. The van der Waals surface area contributed by atoms with Crippen molar-refractivity contribution in [2.24, 2.45) is 29.4 Å². The number of piperidine rings is 1. The van der Waals surface area contributed by atoms with E-state index >= 15 is 0 Å². The number of carbonyl (C=O) groups is 1. The summed E-state index contributed by atoms with van der Waals surface area (Å²) in [5.41, 5.74) is 10.6. The number of nitriles is 1. The smallest absolute Gasteiger partial charge is 0.233 e. The second-order valence-corrected chi connectivity index (χ2v) is 21.6. The highest BCUT2D eigenvalue weighted by atomic mass is 35.5. The predicted octanol–water partition coefficient (Wildman–Crippen LogP) is 8.23. The summed E-state index contributed by atoms with van der Waals surface area (Å²) in [5.74, 6) is 3.83. The number of hydrogen-bond donors (Lipinski definition) is 0. The molecule has 14 nitrogen and oxygen atoms in total. The summed E-state index contributed by atoms with van der Waals surface area (Å²) < 4.78 is 10.5. The molecule has 2 atom stereocenters. The Bertz CT molecular complexity index is 2740. The first-order valence-electron chi connectivity index (χ1n) is 25.5. The van der Waals surface area contributed by atoms with Crippen LogP contribution in [0.5, 0.6) is 5.88 Å². The van der Waals surface area contributed by atoms with E-state index in [1.54, 1.807) is 6.92 Å². The molecular weight excluding hydrogens is 884 g/mol. The van der Waals surface area contributed by atoms with Crippen LogP contribution in [0.2, 0.25) is 5.02 Å². The minimum atomic E-state index is 0.125. The van der Waals surface area contributed by atoms with Gasteiger partial charge in [0, 0.05) is 113 Å². The van der Waals surface area contributed by atoms with Gasteiger partial charge >= 0.3 is 0 Å². The maximum absolute atomic E-state index is 12.7. The summed E-state index contributed by atoms with van der Waals surface area (Å²) in [7, 11) is 1.97. The molecule has 2 aromatic carbocycles. The molecule has 0 bridgehead atoms. The predicted molar refractivity (Wildman–Crippen MR) is 271 cm³/mol. The average Bonchev–Trinajstić information content (AvgIpc) is 4.15. The van der Waals surface area contributed by atoms with E-state index in [9.17, 15) is 10.1 Å². The van der Waals surface area contributed by atoms with Crippen molar-refractivity contribution < 1.29 is 14.2 Å². The van der Waals surface area contributed by atoms with E-state index in [2.05, 4.69) is 90.1 Å². The van der Waals surface area contributed by atoms with E-state index in [0.717, 1.165) is 133 Å². The van der Waals surface area contributed by atoms with Crippen LogP contribution in [0.3, 0.4) is 0 Å². The monoisotopic (exact) mass is 950 g/mol. The van der Waals surface area contributed by atoms with Gasteiger partial charge in [-0.1, -0.05) is 16.3 Å². The van der Waals surface area contributed by atoms with Gasteiger partial charge in [-0.15, -0.1) is 10.2 Å². The van der Waals surface area contributed by atoms with E-state index < -0.39 is 0 Å². The van der Waals surface area contributed by atoms with Crippen molar-refractivity contribution in [3.8, 4) is 23.1 Å². The first-order chi connectivity index (χ1) is 33.5. The zero-order chi connectivity index (χ0) is 47.4. The normalized spacial score (nSPS) is 25.3. The lowest BCUT2D eigenvalue weighted by molar-refractivity contribution is -0.479. The Kier molecular flexibility index (Phi) is 12.5. The van der Waals surface area contributed by atoms with Gasteiger partial charge in [0.2, 0.25) is 23.3 Å². The van der Waals surface area contributed by atoms with Gasteiger partial charge < -0.3 is 24.3 Å². The van der Waals surface area contributed by atoms with E-state index in [1.807, 2.05) is 47.1 Å². The molecule has 4 aromatic rings. The Hall–Kier alpha value is -5.78. The zero-order valence-corrected chi connectivity index (χ0v) is 41.5. The molecule has 11 rings (SSSR count). The fourth-order valence-corrected chi connectivity index (χ4v) is 13.0. The molecule has 0 N–H and O–H groups in total. The van der Waals surface area contributed by atoms with E-state index in [-0.39, 0.29) is 17.4 Å². The van der Waals surface area contributed by atoms with Crippen LogP contribution in [0.1, 0.15) is 94.7 Å². The molecule has 0 radical (unpaired) electrons. The number of fused-ring (bicyclic) bond motifs is 1.